The topological polar surface area (TPSA) is 66.5 Å². The van der Waals surface area contributed by atoms with Gasteiger partial charge >= 0.3 is 10.2 Å². The molecule has 5 nitrogen and oxygen atoms in total. The van der Waals surface area contributed by atoms with Gasteiger partial charge in [-0.2, -0.15) is 12.7 Å². The number of hydrogen-bond acceptors (Lipinski definition) is 3. The van der Waals surface area contributed by atoms with Gasteiger partial charge in [-0.3, -0.25) is 4.79 Å². The third-order valence-electron chi connectivity index (χ3n) is 2.34. The lowest BCUT2D eigenvalue weighted by Crippen LogP contribution is -2.46. The van der Waals surface area contributed by atoms with E-state index < -0.39 is 21.5 Å². The van der Waals surface area contributed by atoms with Gasteiger partial charge in [-0.1, -0.05) is 20.8 Å². The van der Waals surface area contributed by atoms with Crippen molar-refractivity contribution in [2.75, 3.05) is 7.05 Å². The lowest BCUT2D eigenvalue weighted by molar-refractivity contribution is -0.126. The summed E-state index contributed by atoms with van der Waals surface area (Å²) >= 11 is 0. The zero-order chi connectivity index (χ0) is 11.9. The molecule has 88 valence electrons. The summed E-state index contributed by atoms with van der Waals surface area (Å²) in [4.78, 5) is 11.5. The van der Waals surface area contributed by atoms with Gasteiger partial charge < -0.3 is 0 Å². The summed E-state index contributed by atoms with van der Waals surface area (Å²) in [5.41, 5.74) is -0.697. The largest absolute Gasteiger partial charge is 0.303 e. The molecule has 0 saturated heterocycles. The number of amides is 1. The fourth-order valence-corrected chi connectivity index (χ4v) is 2.26. The van der Waals surface area contributed by atoms with Crippen molar-refractivity contribution >= 4 is 16.1 Å². The van der Waals surface area contributed by atoms with Crippen LogP contribution in [0.1, 0.15) is 33.6 Å². The molecule has 1 aliphatic carbocycles. The van der Waals surface area contributed by atoms with Crippen LogP contribution in [0.15, 0.2) is 0 Å². The standard InChI is InChI=1S/C9H18N2O3S/c1-9(2,3)8(12)10-15(13,14)11(4)7-5-6-7/h7H,5-6H2,1-4H3,(H,10,12). The molecule has 0 bridgehead atoms. The summed E-state index contributed by atoms with van der Waals surface area (Å²) in [5.74, 6) is -0.477. The first-order valence-corrected chi connectivity index (χ1v) is 6.39. The van der Waals surface area contributed by atoms with Crippen molar-refractivity contribution in [1.29, 1.82) is 0 Å². The number of nitrogens with one attached hydrogen (secondary N) is 1. The van der Waals surface area contributed by atoms with Gasteiger partial charge in [0, 0.05) is 18.5 Å². The molecule has 0 aromatic rings. The SMILES string of the molecule is CN(C1CC1)S(=O)(=O)NC(=O)C(C)(C)C. The van der Waals surface area contributed by atoms with E-state index in [0.717, 1.165) is 12.8 Å². The molecule has 0 aliphatic heterocycles. The Morgan fingerprint density at radius 3 is 2.13 bits per heavy atom. The molecule has 1 amide bonds. The Morgan fingerprint density at radius 2 is 1.80 bits per heavy atom. The van der Waals surface area contributed by atoms with Crippen molar-refractivity contribution in [1.82, 2.24) is 9.03 Å². The zero-order valence-corrected chi connectivity index (χ0v) is 10.4. The van der Waals surface area contributed by atoms with Gasteiger partial charge in [0.2, 0.25) is 5.91 Å². The molecule has 1 aliphatic rings. The fraction of sp³-hybridized carbons (Fsp3) is 0.889. The summed E-state index contributed by atoms with van der Waals surface area (Å²) < 4.78 is 26.6. The van der Waals surface area contributed by atoms with Crippen LogP contribution in [0, 0.1) is 5.41 Å². The Kier molecular flexibility index (Phi) is 3.11. The maximum Gasteiger partial charge on any atom is 0.303 e. The fourth-order valence-electron chi connectivity index (χ4n) is 0.977. The van der Waals surface area contributed by atoms with E-state index in [-0.39, 0.29) is 6.04 Å². The third-order valence-corrected chi connectivity index (χ3v) is 3.84. The van der Waals surface area contributed by atoms with E-state index >= 15 is 0 Å². The van der Waals surface area contributed by atoms with E-state index in [1.54, 1.807) is 20.8 Å². The van der Waals surface area contributed by atoms with Crippen LogP contribution in [0.25, 0.3) is 0 Å². The molecule has 0 aromatic heterocycles. The van der Waals surface area contributed by atoms with Gasteiger partial charge in [-0.25, -0.2) is 4.72 Å². The van der Waals surface area contributed by atoms with Crippen LogP contribution in [0.4, 0.5) is 0 Å². The summed E-state index contributed by atoms with van der Waals surface area (Å²) in [5, 5.41) is 0. The summed E-state index contributed by atoms with van der Waals surface area (Å²) in [7, 11) is -2.15. The predicted molar refractivity (Wildman–Crippen MR) is 57.3 cm³/mol. The molecule has 0 heterocycles. The molecule has 0 unspecified atom stereocenters. The van der Waals surface area contributed by atoms with E-state index in [4.69, 9.17) is 0 Å². The molecule has 0 aromatic carbocycles. The highest BCUT2D eigenvalue weighted by Gasteiger charge is 2.36. The Morgan fingerprint density at radius 1 is 1.33 bits per heavy atom. The molecular weight excluding hydrogens is 216 g/mol. The second-order valence-electron chi connectivity index (χ2n) is 4.93. The number of carbonyl (C=O) groups excluding carboxylic acids is 1. The minimum absolute atomic E-state index is 0.0651. The van der Waals surface area contributed by atoms with Gasteiger partial charge in [-0.05, 0) is 12.8 Å². The second-order valence-corrected chi connectivity index (χ2v) is 6.66. The van der Waals surface area contributed by atoms with Crippen LogP contribution in [-0.2, 0) is 15.0 Å². The quantitative estimate of drug-likeness (QED) is 0.772. The first-order valence-electron chi connectivity index (χ1n) is 4.95. The minimum atomic E-state index is -3.65. The molecule has 1 N–H and O–H groups in total. The van der Waals surface area contributed by atoms with E-state index in [2.05, 4.69) is 4.72 Å². The molecular formula is C9H18N2O3S. The number of nitrogens with zero attached hydrogens (tertiary/aromatic N) is 1. The molecule has 0 atom stereocenters. The van der Waals surface area contributed by atoms with Crippen LogP contribution < -0.4 is 4.72 Å². The van der Waals surface area contributed by atoms with Gasteiger partial charge in [0.1, 0.15) is 0 Å². The molecule has 1 rings (SSSR count). The van der Waals surface area contributed by atoms with Crippen LogP contribution in [0.2, 0.25) is 0 Å². The molecule has 6 heteroatoms. The van der Waals surface area contributed by atoms with Crippen molar-refractivity contribution in [2.45, 2.75) is 39.7 Å². The number of hydrogen-bond donors (Lipinski definition) is 1. The van der Waals surface area contributed by atoms with E-state index in [1.165, 1.54) is 11.4 Å². The van der Waals surface area contributed by atoms with Gasteiger partial charge in [0.05, 0.1) is 0 Å². The van der Waals surface area contributed by atoms with Crippen molar-refractivity contribution in [3.8, 4) is 0 Å². The van der Waals surface area contributed by atoms with Crippen LogP contribution in [-0.4, -0.2) is 31.7 Å². The monoisotopic (exact) mass is 234 g/mol. The maximum absolute atomic E-state index is 11.7. The van der Waals surface area contributed by atoms with Crippen molar-refractivity contribution in [3.05, 3.63) is 0 Å². The van der Waals surface area contributed by atoms with E-state index in [0.29, 0.717) is 0 Å². The van der Waals surface area contributed by atoms with Crippen molar-refractivity contribution in [2.24, 2.45) is 5.41 Å². The van der Waals surface area contributed by atoms with Crippen molar-refractivity contribution < 1.29 is 13.2 Å². The molecule has 0 spiro atoms. The smallest absolute Gasteiger partial charge is 0.273 e. The van der Waals surface area contributed by atoms with Crippen LogP contribution in [0.3, 0.4) is 0 Å². The Balaban J connectivity index is 2.68. The summed E-state index contributed by atoms with van der Waals surface area (Å²) in [6, 6.07) is 0.0651. The minimum Gasteiger partial charge on any atom is -0.273 e. The Labute approximate surface area is 91.0 Å². The average molecular weight is 234 g/mol. The molecule has 15 heavy (non-hydrogen) atoms. The molecule has 1 fully saturated rings. The zero-order valence-electron chi connectivity index (χ0n) is 9.57. The summed E-state index contributed by atoms with van der Waals surface area (Å²) in [6.07, 6.45) is 1.75. The third kappa shape index (κ3) is 3.17. The highest BCUT2D eigenvalue weighted by Crippen LogP contribution is 2.27. The van der Waals surface area contributed by atoms with Gasteiger partial charge in [0.25, 0.3) is 0 Å². The normalized spacial score (nSPS) is 17.9. The van der Waals surface area contributed by atoms with Crippen LogP contribution in [0.5, 0.6) is 0 Å². The maximum atomic E-state index is 11.7. The predicted octanol–water partition coefficient (Wildman–Crippen LogP) is 0.488. The summed E-state index contributed by atoms with van der Waals surface area (Å²) in [6.45, 7) is 5.03. The molecule has 0 radical (unpaired) electrons. The lowest BCUT2D eigenvalue weighted by atomic mass is 9.96. The van der Waals surface area contributed by atoms with E-state index in [9.17, 15) is 13.2 Å². The Bertz CT molecular complexity index is 352. The lowest BCUT2D eigenvalue weighted by Gasteiger charge is -2.21. The average Bonchev–Trinajstić information content (AvgIpc) is 2.82. The van der Waals surface area contributed by atoms with Gasteiger partial charge in [0.15, 0.2) is 0 Å². The van der Waals surface area contributed by atoms with Crippen LogP contribution >= 0.6 is 0 Å². The van der Waals surface area contributed by atoms with E-state index in [1.807, 2.05) is 0 Å². The first-order chi connectivity index (χ1) is 6.64. The first kappa shape index (κ1) is 12.4. The highest BCUT2D eigenvalue weighted by molar-refractivity contribution is 7.87. The number of rotatable bonds is 3. The molecule has 1 saturated carbocycles. The number of carbonyl (C=O) groups is 1. The van der Waals surface area contributed by atoms with Gasteiger partial charge in [-0.15, -0.1) is 0 Å². The second kappa shape index (κ2) is 3.75. The Hall–Kier alpha value is -0.620. The van der Waals surface area contributed by atoms with Crippen molar-refractivity contribution in [3.63, 3.8) is 0 Å². The highest BCUT2D eigenvalue weighted by atomic mass is 32.2.